The van der Waals surface area contributed by atoms with Crippen LogP contribution in [-0.4, -0.2) is 10.2 Å². The van der Waals surface area contributed by atoms with E-state index in [1.807, 2.05) is 5.40 Å². The first-order valence-electron chi connectivity index (χ1n) is 2.82. The van der Waals surface area contributed by atoms with Crippen molar-refractivity contribution in [2.24, 2.45) is 0 Å². The van der Waals surface area contributed by atoms with Crippen molar-refractivity contribution >= 4 is 11.8 Å². The molecule has 0 aromatic heterocycles. The highest BCUT2D eigenvalue weighted by atomic mass is 32.2. The van der Waals surface area contributed by atoms with Crippen molar-refractivity contribution in [3.05, 3.63) is 18.2 Å². The average molecular weight is 167 g/mol. The van der Waals surface area contributed by atoms with Gasteiger partial charge in [0.15, 0.2) is 11.5 Å². The quantitative estimate of drug-likeness (QED) is 0.379. The zero-order chi connectivity index (χ0) is 8.27. The number of benzene rings is 1. The summed E-state index contributed by atoms with van der Waals surface area (Å²) in [4.78, 5) is 0.614. The molecule has 3 nitrogen and oxygen atoms in total. The fraction of sp³-hybridized carbons (Fsp3) is 0. The van der Waals surface area contributed by atoms with E-state index in [-0.39, 0.29) is 11.5 Å². The second-order valence-electron chi connectivity index (χ2n) is 1.84. The average Bonchev–Trinajstić information content (AvgIpc) is 1.98. The van der Waals surface area contributed by atoms with Gasteiger partial charge in [-0.25, -0.2) is 0 Å². The lowest BCUT2D eigenvalue weighted by molar-refractivity contribution is 0.402. The molecule has 0 spiro atoms. The predicted octanol–water partition coefficient (Wildman–Crippen LogP) is 1.67. The van der Waals surface area contributed by atoms with Crippen LogP contribution in [0.15, 0.2) is 23.1 Å². The van der Waals surface area contributed by atoms with Crippen molar-refractivity contribution in [3.63, 3.8) is 0 Å². The Morgan fingerprint density at radius 3 is 2.55 bits per heavy atom. The smallest absolute Gasteiger partial charge is 0.158 e. The van der Waals surface area contributed by atoms with Crippen molar-refractivity contribution in [1.82, 2.24) is 0 Å². The molecular formula is C7H5NO2S. The van der Waals surface area contributed by atoms with Crippen LogP contribution in [0, 0.1) is 10.7 Å². The fourth-order valence-electron chi connectivity index (χ4n) is 0.619. The molecule has 56 valence electrons. The van der Waals surface area contributed by atoms with Gasteiger partial charge in [0, 0.05) is 4.90 Å². The molecule has 0 saturated heterocycles. The van der Waals surface area contributed by atoms with Crippen molar-refractivity contribution in [1.29, 1.82) is 5.26 Å². The predicted molar refractivity (Wildman–Crippen MR) is 41.2 cm³/mol. The Labute approximate surface area is 67.9 Å². The first kappa shape index (κ1) is 7.76. The molecule has 0 aliphatic heterocycles. The molecule has 0 saturated carbocycles. The topological polar surface area (TPSA) is 64.2 Å². The van der Waals surface area contributed by atoms with E-state index in [2.05, 4.69) is 0 Å². The summed E-state index contributed by atoms with van der Waals surface area (Å²) >= 11 is 0.933. The third kappa shape index (κ3) is 1.79. The molecule has 0 bridgehead atoms. The van der Waals surface area contributed by atoms with Crippen molar-refractivity contribution in [2.45, 2.75) is 4.90 Å². The van der Waals surface area contributed by atoms with E-state index < -0.39 is 0 Å². The van der Waals surface area contributed by atoms with Crippen LogP contribution in [0.4, 0.5) is 0 Å². The molecule has 0 radical (unpaired) electrons. The molecule has 2 N–H and O–H groups in total. The first-order chi connectivity index (χ1) is 5.24. The Kier molecular flexibility index (Phi) is 2.24. The molecule has 1 aromatic rings. The molecule has 1 aromatic carbocycles. The molecule has 0 aliphatic carbocycles. The van der Waals surface area contributed by atoms with Gasteiger partial charge in [0.2, 0.25) is 0 Å². The van der Waals surface area contributed by atoms with Gasteiger partial charge in [0.1, 0.15) is 5.40 Å². The molecule has 11 heavy (non-hydrogen) atoms. The van der Waals surface area contributed by atoms with Crippen LogP contribution in [0.3, 0.4) is 0 Å². The number of nitriles is 1. The number of phenols is 2. The number of thioether (sulfide) groups is 1. The fourth-order valence-corrected chi connectivity index (χ4v) is 1.03. The molecule has 0 unspecified atom stereocenters. The number of hydrogen-bond donors (Lipinski definition) is 2. The minimum absolute atomic E-state index is 0.174. The Balaban J connectivity index is 2.98. The van der Waals surface area contributed by atoms with Gasteiger partial charge in [-0.05, 0) is 30.0 Å². The lowest BCUT2D eigenvalue weighted by Gasteiger charge is -1.97. The van der Waals surface area contributed by atoms with Gasteiger partial charge in [-0.1, -0.05) is 0 Å². The monoisotopic (exact) mass is 167 g/mol. The SMILES string of the molecule is N#CSc1ccc(O)c(O)c1. The number of hydrogen-bond acceptors (Lipinski definition) is 4. The van der Waals surface area contributed by atoms with Crippen molar-refractivity contribution < 1.29 is 10.2 Å². The summed E-state index contributed by atoms with van der Waals surface area (Å²) < 4.78 is 0. The van der Waals surface area contributed by atoms with Gasteiger partial charge < -0.3 is 10.2 Å². The molecule has 0 aliphatic rings. The Morgan fingerprint density at radius 1 is 1.27 bits per heavy atom. The maximum Gasteiger partial charge on any atom is 0.158 e. The second kappa shape index (κ2) is 3.17. The minimum Gasteiger partial charge on any atom is -0.504 e. The molecule has 1 rings (SSSR count). The summed E-state index contributed by atoms with van der Waals surface area (Å²) in [7, 11) is 0. The number of rotatable bonds is 1. The normalized spacial score (nSPS) is 9.00. The minimum atomic E-state index is -0.203. The van der Waals surface area contributed by atoms with E-state index in [1.165, 1.54) is 12.1 Å². The summed E-state index contributed by atoms with van der Waals surface area (Å²) in [5, 5.41) is 27.9. The van der Waals surface area contributed by atoms with E-state index in [4.69, 9.17) is 15.5 Å². The number of aromatic hydroxyl groups is 2. The third-order valence-corrected chi connectivity index (χ3v) is 1.69. The van der Waals surface area contributed by atoms with Gasteiger partial charge in [-0.3, -0.25) is 0 Å². The highest BCUT2D eigenvalue weighted by molar-refractivity contribution is 8.03. The van der Waals surface area contributed by atoms with Gasteiger partial charge in [0.05, 0.1) is 0 Å². The van der Waals surface area contributed by atoms with Gasteiger partial charge in [-0.2, -0.15) is 5.26 Å². The lowest BCUT2D eigenvalue weighted by atomic mass is 10.3. The largest absolute Gasteiger partial charge is 0.504 e. The zero-order valence-electron chi connectivity index (χ0n) is 5.48. The lowest BCUT2D eigenvalue weighted by Crippen LogP contribution is -1.70. The number of nitrogens with zero attached hydrogens (tertiary/aromatic N) is 1. The highest BCUT2D eigenvalue weighted by Gasteiger charge is 1.99. The number of phenolic OH excluding ortho intramolecular Hbond substituents is 2. The van der Waals surface area contributed by atoms with Crippen LogP contribution < -0.4 is 0 Å². The van der Waals surface area contributed by atoms with Crippen molar-refractivity contribution in [2.75, 3.05) is 0 Å². The molecule has 4 heteroatoms. The van der Waals surface area contributed by atoms with Gasteiger partial charge >= 0.3 is 0 Å². The summed E-state index contributed by atoms with van der Waals surface area (Å²) in [5.74, 6) is -0.377. The molecule has 0 amide bonds. The molecule has 0 heterocycles. The van der Waals surface area contributed by atoms with E-state index in [0.29, 0.717) is 4.90 Å². The first-order valence-corrected chi connectivity index (χ1v) is 3.63. The van der Waals surface area contributed by atoms with E-state index in [1.54, 1.807) is 6.07 Å². The molecular weight excluding hydrogens is 162 g/mol. The highest BCUT2D eigenvalue weighted by Crippen LogP contribution is 2.29. The summed E-state index contributed by atoms with van der Waals surface area (Å²) in [6.45, 7) is 0. The Bertz CT molecular complexity index is 306. The van der Waals surface area contributed by atoms with Gasteiger partial charge in [-0.15, -0.1) is 0 Å². The summed E-state index contributed by atoms with van der Waals surface area (Å²) in [6, 6.07) is 4.24. The summed E-state index contributed by atoms with van der Waals surface area (Å²) in [6.07, 6.45) is 0. The van der Waals surface area contributed by atoms with E-state index in [0.717, 1.165) is 11.8 Å². The van der Waals surface area contributed by atoms with Gasteiger partial charge in [0.25, 0.3) is 0 Å². The van der Waals surface area contributed by atoms with Crippen LogP contribution in [0.5, 0.6) is 11.5 Å². The maximum atomic E-state index is 8.95. The Morgan fingerprint density at radius 2 is 2.00 bits per heavy atom. The zero-order valence-corrected chi connectivity index (χ0v) is 6.30. The molecule has 0 atom stereocenters. The molecule has 0 fully saturated rings. The van der Waals surface area contributed by atoms with Crippen LogP contribution >= 0.6 is 11.8 Å². The van der Waals surface area contributed by atoms with Crippen LogP contribution in [0.25, 0.3) is 0 Å². The number of thiocyanates is 1. The standard InChI is InChI=1S/C7H5NO2S/c8-4-11-5-1-2-6(9)7(10)3-5/h1-3,9-10H. The van der Waals surface area contributed by atoms with Crippen LogP contribution in [0.1, 0.15) is 0 Å². The van der Waals surface area contributed by atoms with E-state index in [9.17, 15) is 0 Å². The van der Waals surface area contributed by atoms with Crippen LogP contribution in [-0.2, 0) is 0 Å². The Hall–Kier alpha value is -1.34. The van der Waals surface area contributed by atoms with E-state index >= 15 is 0 Å². The third-order valence-electron chi connectivity index (χ3n) is 1.11. The second-order valence-corrected chi connectivity index (χ2v) is 2.70. The maximum absolute atomic E-state index is 8.95. The van der Waals surface area contributed by atoms with Crippen LogP contribution in [0.2, 0.25) is 0 Å². The van der Waals surface area contributed by atoms with Crippen molar-refractivity contribution in [3.8, 4) is 16.9 Å². The summed E-state index contributed by atoms with van der Waals surface area (Å²) in [5.41, 5.74) is 0.